The first kappa shape index (κ1) is 10.7. The Kier molecular flexibility index (Phi) is 2.92. The Balaban J connectivity index is 2.47. The van der Waals surface area contributed by atoms with Gasteiger partial charge in [0.1, 0.15) is 11.6 Å². The van der Waals surface area contributed by atoms with E-state index in [1.807, 2.05) is 13.0 Å². The van der Waals surface area contributed by atoms with Crippen molar-refractivity contribution in [1.82, 2.24) is 9.97 Å². The third kappa shape index (κ3) is 2.23. The fraction of sp³-hybridized carbons (Fsp3) is 0.167. The van der Waals surface area contributed by atoms with Gasteiger partial charge in [-0.3, -0.25) is 0 Å². The number of aromatic nitrogens is 2. The van der Waals surface area contributed by atoms with E-state index in [0.29, 0.717) is 12.4 Å². The minimum atomic E-state index is -0.256. The van der Waals surface area contributed by atoms with E-state index in [0.717, 1.165) is 17.0 Å². The average molecular weight is 217 g/mol. The van der Waals surface area contributed by atoms with Gasteiger partial charge in [0.2, 0.25) is 0 Å². The average Bonchev–Trinajstić information content (AvgIpc) is 2.29. The molecule has 1 heterocycles. The van der Waals surface area contributed by atoms with Crippen LogP contribution in [0.3, 0.4) is 0 Å². The van der Waals surface area contributed by atoms with Gasteiger partial charge in [-0.2, -0.15) is 0 Å². The second-order valence-corrected chi connectivity index (χ2v) is 3.52. The minimum absolute atomic E-state index is 0.256. The number of hydrogen-bond acceptors (Lipinski definition) is 3. The molecule has 0 aliphatic rings. The molecule has 1 aromatic carbocycles. The van der Waals surface area contributed by atoms with Crippen molar-refractivity contribution >= 4 is 0 Å². The molecule has 0 fully saturated rings. The highest BCUT2D eigenvalue weighted by Gasteiger charge is 2.03. The minimum Gasteiger partial charge on any atom is -0.324 e. The molecule has 2 N–H and O–H groups in total. The number of nitrogens with zero attached hydrogens (tertiary/aromatic N) is 2. The fourth-order valence-corrected chi connectivity index (χ4v) is 1.49. The Hall–Kier alpha value is -1.81. The topological polar surface area (TPSA) is 51.8 Å². The first-order valence-electron chi connectivity index (χ1n) is 4.99. The smallest absolute Gasteiger partial charge is 0.142 e. The fourth-order valence-electron chi connectivity index (χ4n) is 1.49. The first-order valence-corrected chi connectivity index (χ1v) is 4.99. The lowest BCUT2D eigenvalue weighted by Gasteiger charge is -2.04. The molecule has 2 rings (SSSR count). The van der Waals surface area contributed by atoms with Gasteiger partial charge in [-0.1, -0.05) is 0 Å². The summed E-state index contributed by atoms with van der Waals surface area (Å²) < 4.78 is 12.8. The monoisotopic (exact) mass is 217 g/mol. The predicted octanol–water partition coefficient (Wildman–Crippen LogP) is 2.05. The van der Waals surface area contributed by atoms with E-state index in [-0.39, 0.29) is 5.82 Å². The lowest BCUT2D eigenvalue weighted by molar-refractivity contribution is 0.628. The van der Waals surface area contributed by atoms with Crippen LogP contribution in [0.1, 0.15) is 11.5 Å². The van der Waals surface area contributed by atoms with Gasteiger partial charge in [-0.25, -0.2) is 14.4 Å². The number of hydrogen-bond donors (Lipinski definition) is 1. The molecule has 0 unspecified atom stereocenters. The Morgan fingerprint density at radius 3 is 2.50 bits per heavy atom. The molecule has 0 aliphatic carbocycles. The maximum absolute atomic E-state index is 12.8. The highest BCUT2D eigenvalue weighted by molar-refractivity contribution is 5.59. The number of nitrogens with two attached hydrogens (primary N) is 1. The molecule has 82 valence electrons. The summed E-state index contributed by atoms with van der Waals surface area (Å²) in [5.74, 6) is 0.341. The Morgan fingerprint density at radius 1 is 1.19 bits per heavy atom. The highest BCUT2D eigenvalue weighted by atomic mass is 19.1. The van der Waals surface area contributed by atoms with Crippen LogP contribution in [-0.2, 0) is 6.54 Å². The molecule has 4 heteroatoms. The largest absolute Gasteiger partial charge is 0.324 e. The second kappa shape index (κ2) is 4.37. The zero-order chi connectivity index (χ0) is 11.5. The van der Waals surface area contributed by atoms with Gasteiger partial charge in [-0.05, 0) is 37.3 Å². The third-order valence-corrected chi connectivity index (χ3v) is 2.22. The molecule has 0 bridgehead atoms. The summed E-state index contributed by atoms with van der Waals surface area (Å²) >= 11 is 0. The van der Waals surface area contributed by atoms with Crippen LogP contribution in [0.25, 0.3) is 11.3 Å². The first-order chi connectivity index (χ1) is 7.69. The third-order valence-electron chi connectivity index (χ3n) is 2.22. The lowest BCUT2D eigenvalue weighted by Crippen LogP contribution is -2.05. The summed E-state index contributed by atoms with van der Waals surface area (Å²) in [6.07, 6.45) is 0. The molecule has 0 saturated carbocycles. The van der Waals surface area contributed by atoms with Crippen molar-refractivity contribution in [3.63, 3.8) is 0 Å². The van der Waals surface area contributed by atoms with E-state index in [9.17, 15) is 4.39 Å². The Bertz CT molecular complexity index is 494. The molecule has 0 spiro atoms. The predicted molar refractivity (Wildman–Crippen MR) is 60.1 cm³/mol. The van der Waals surface area contributed by atoms with E-state index in [1.54, 1.807) is 12.1 Å². The molecular weight excluding hydrogens is 205 g/mol. The number of aryl methyl sites for hydroxylation is 1. The second-order valence-electron chi connectivity index (χ2n) is 3.52. The summed E-state index contributed by atoms with van der Waals surface area (Å²) in [4.78, 5) is 8.48. The van der Waals surface area contributed by atoms with Crippen molar-refractivity contribution in [2.24, 2.45) is 5.73 Å². The summed E-state index contributed by atoms with van der Waals surface area (Å²) in [5.41, 5.74) is 7.99. The van der Waals surface area contributed by atoms with Crippen LogP contribution in [0.4, 0.5) is 4.39 Å². The number of halogens is 1. The summed E-state index contributed by atoms with van der Waals surface area (Å²) in [6.45, 7) is 2.18. The Labute approximate surface area is 93.2 Å². The van der Waals surface area contributed by atoms with Crippen molar-refractivity contribution in [2.45, 2.75) is 13.5 Å². The van der Waals surface area contributed by atoms with Gasteiger partial charge < -0.3 is 5.73 Å². The van der Waals surface area contributed by atoms with E-state index < -0.39 is 0 Å². The quantitative estimate of drug-likeness (QED) is 0.837. The van der Waals surface area contributed by atoms with Gasteiger partial charge in [0.25, 0.3) is 0 Å². The molecule has 2 aromatic rings. The van der Waals surface area contributed by atoms with Crippen molar-refractivity contribution < 1.29 is 4.39 Å². The van der Waals surface area contributed by atoms with E-state index in [4.69, 9.17) is 5.73 Å². The van der Waals surface area contributed by atoms with Crippen molar-refractivity contribution in [2.75, 3.05) is 0 Å². The maximum atomic E-state index is 12.8. The Morgan fingerprint density at radius 2 is 1.88 bits per heavy atom. The van der Waals surface area contributed by atoms with E-state index in [2.05, 4.69) is 9.97 Å². The zero-order valence-corrected chi connectivity index (χ0v) is 8.94. The van der Waals surface area contributed by atoms with Crippen LogP contribution in [0.15, 0.2) is 30.3 Å². The molecular formula is C12H12FN3. The maximum Gasteiger partial charge on any atom is 0.142 e. The van der Waals surface area contributed by atoms with Crippen LogP contribution < -0.4 is 5.73 Å². The van der Waals surface area contributed by atoms with E-state index in [1.165, 1.54) is 12.1 Å². The van der Waals surface area contributed by atoms with Gasteiger partial charge in [0, 0.05) is 11.3 Å². The molecule has 0 radical (unpaired) electrons. The number of rotatable bonds is 2. The van der Waals surface area contributed by atoms with Crippen molar-refractivity contribution in [3.8, 4) is 11.3 Å². The zero-order valence-electron chi connectivity index (χ0n) is 8.94. The molecule has 1 aromatic heterocycles. The van der Waals surface area contributed by atoms with Crippen molar-refractivity contribution in [1.29, 1.82) is 0 Å². The van der Waals surface area contributed by atoms with Gasteiger partial charge in [0.15, 0.2) is 0 Å². The standard InChI is InChI=1S/C12H12FN3/c1-8-6-11(16-12(7-14)15-8)9-2-4-10(13)5-3-9/h2-6H,7,14H2,1H3. The van der Waals surface area contributed by atoms with Crippen LogP contribution >= 0.6 is 0 Å². The lowest BCUT2D eigenvalue weighted by atomic mass is 10.1. The molecule has 16 heavy (non-hydrogen) atoms. The van der Waals surface area contributed by atoms with Crippen molar-refractivity contribution in [3.05, 3.63) is 47.7 Å². The van der Waals surface area contributed by atoms with Crippen LogP contribution in [0.2, 0.25) is 0 Å². The molecule has 0 atom stereocenters. The normalized spacial score (nSPS) is 10.4. The summed E-state index contributed by atoms with van der Waals surface area (Å²) in [5, 5.41) is 0. The van der Waals surface area contributed by atoms with Crippen LogP contribution in [0.5, 0.6) is 0 Å². The van der Waals surface area contributed by atoms with Crippen LogP contribution in [-0.4, -0.2) is 9.97 Å². The molecule has 0 amide bonds. The SMILES string of the molecule is Cc1cc(-c2ccc(F)cc2)nc(CN)n1. The van der Waals surface area contributed by atoms with E-state index >= 15 is 0 Å². The molecule has 0 aliphatic heterocycles. The summed E-state index contributed by atoms with van der Waals surface area (Å²) in [7, 11) is 0. The molecule has 3 nitrogen and oxygen atoms in total. The summed E-state index contributed by atoms with van der Waals surface area (Å²) in [6, 6.07) is 8.06. The van der Waals surface area contributed by atoms with Gasteiger partial charge in [0.05, 0.1) is 12.2 Å². The molecule has 0 saturated heterocycles. The van der Waals surface area contributed by atoms with Crippen LogP contribution in [0, 0.1) is 12.7 Å². The van der Waals surface area contributed by atoms with Gasteiger partial charge in [-0.15, -0.1) is 0 Å². The highest BCUT2D eigenvalue weighted by Crippen LogP contribution is 2.18. The number of benzene rings is 1. The van der Waals surface area contributed by atoms with Gasteiger partial charge >= 0.3 is 0 Å².